The van der Waals surface area contributed by atoms with Gasteiger partial charge in [-0.2, -0.15) is 0 Å². The minimum atomic E-state index is -3.90. The lowest BCUT2D eigenvalue weighted by atomic mass is 10.4. The molecule has 0 atom stereocenters. The molecule has 0 radical (unpaired) electrons. The first-order valence-electron chi connectivity index (χ1n) is 8.28. The Morgan fingerprint density at radius 2 is 1.90 bits per heavy atom. The van der Waals surface area contributed by atoms with Crippen LogP contribution in [-0.4, -0.2) is 31.9 Å². The van der Waals surface area contributed by atoms with Crippen molar-refractivity contribution in [1.82, 2.24) is 4.98 Å². The number of aryl methyl sites for hydroxylation is 1. The Morgan fingerprint density at radius 1 is 1.21 bits per heavy atom. The van der Waals surface area contributed by atoms with Gasteiger partial charge in [0.05, 0.1) is 17.2 Å². The van der Waals surface area contributed by atoms with Gasteiger partial charge >= 0.3 is 5.97 Å². The number of carbonyl (C=O) groups is 2. The molecule has 0 aliphatic carbocycles. The van der Waals surface area contributed by atoms with Gasteiger partial charge in [0, 0.05) is 4.47 Å². The second-order valence-corrected chi connectivity index (χ2v) is 9.48. The van der Waals surface area contributed by atoms with Crippen LogP contribution < -0.4 is 5.32 Å². The second kappa shape index (κ2) is 8.47. The van der Waals surface area contributed by atoms with Crippen LogP contribution in [0.1, 0.15) is 32.8 Å². The number of amides is 1. The number of ether oxygens (including phenoxy) is 1. The van der Waals surface area contributed by atoms with Crippen molar-refractivity contribution >= 4 is 54.1 Å². The lowest BCUT2D eigenvalue weighted by Crippen LogP contribution is -2.10. The average molecular weight is 499 g/mol. The maximum Gasteiger partial charge on any atom is 0.350 e. The molecule has 3 aromatic rings. The Kier molecular flexibility index (Phi) is 6.20. The largest absolute Gasteiger partial charge is 0.462 e. The monoisotopic (exact) mass is 498 g/mol. The first-order chi connectivity index (χ1) is 13.7. The SMILES string of the molecule is CCOC(=O)c1sc(NC(=O)c2ccc(S(=O)(=O)c3ccc(Br)cc3)o2)nc1C. The van der Waals surface area contributed by atoms with E-state index >= 15 is 0 Å². The Hall–Kier alpha value is -2.50. The van der Waals surface area contributed by atoms with E-state index in [4.69, 9.17) is 9.15 Å². The normalized spacial score (nSPS) is 11.3. The number of nitrogens with zero attached hydrogens (tertiary/aromatic N) is 1. The molecular weight excluding hydrogens is 484 g/mol. The second-order valence-electron chi connectivity index (χ2n) is 5.68. The summed E-state index contributed by atoms with van der Waals surface area (Å²) >= 11 is 4.20. The van der Waals surface area contributed by atoms with Gasteiger partial charge in [-0.15, -0.1) is 0 Å². The molecule has 2 aromatic heterocycles. The van der Waals surface area contributed by atoms with Gasteiger partial charge in [0.25, 0.3) is 5.91 Å². The summed E-state index contributed by atoms with van der Waals surface area (Å²) in [6, 6.07) is 8.51. The molecule has 152 valence electrons. The van der Waals surface area contributed by atoms with Gasteiger partial charge in [0.2, 0.25) is 14.9 Å². The fourth-order valence-electron chi connectivity index (χ4n) is 2.31. The molecule has 0 unspecified atom stereocenters. The number of sulfone groups is 1. The highest BCUT2D eigenvalue weighted by Gasteiger charge is 2.24. The van der Waals surface area contributed by atoms with Crippen LogP contribution in [0.2, 0.25) is 0 Å². The van der Waals surface area contributed by atoms with Crippen molar-refractivity contribution in [3.63, 3.8) is 0 Å². The van der Waals surface area contributed by atoms with E-state index in [-0.39, 0.29) is 32.4 Å². The molecule has 0 saturated carbocycles. The van der Waals surface area contributed by atoms with Crippen molar-refractivity contribution in [2.75, 3.05) is 11.9 Å². The van der Waals surface area contributed by atoms with Crippen LogP contribution in [0.25, 0.3) is 0 Å². The standard InChI is InChI=1S/C18H15BrN2O6S2/c1-3-26-17(23)15-10(2)20-18(28-15)21-16(22)13-8-9-14(27-13)29(24,25)12-6-4-11(19)5-7-12/h4-9H,3H2,1-2H3,(H,20,21,22). The van der Waals surface area contributed by atoms with Gasteiger partial charge in [-0.25, -0.2) is 18.2 Å². The fraction of sp³-hybridized carbons (Fsp3) is 0.167. The minimum Gasteiger partial charge on any atom is -0.462 e. The van der Waals surface area contributed by atoms with Crippen molar-refractivity contribution in [3.05, 3.63) is 57.2 Å². The molecule has 11 heteroatoms. The van der Waals surface area contributed by atoms with Crippen molar-refractivity contribution in [2.24, 2.45) is 0 Å². The summed E-state index contributed by atoms with van der Waals surface area (Å²) < 4.78 is 36.2. The molecule has 0 bridgehead atoms. The van der Waals surface area contributed by atoms with Crippen LogP contribution >= 0.6 is 27.3 Å². The van der Waals surface area contributed by atoms with E-state index in [0.29, 0.717) is 5.69 Å². The number of nitrogens with one attached hydrogen (secondary N) is 1. The number of carbonyl (C=O) groups excluding carboxylic acids is 2. The Bertz CT molecular complexity index is 1170. The molecule has 8 nitrogen and oxygen atoms in total. The maximum atomic E-state index is 12.6. The number of esters is 1. The van der Waals surface area contributed by atoms with Crippen LogP contribution in [0.5, 0.6) is 0 Å². The Morgan fingerprint density at radius 3 is 2.55 bits per heavy atom. The quantitative estimate of drug-likeness (QED) is 0.509. The third kappa shape index (κ3) is 4.57. The summed E-state index contributed by atoms with van der Waals surface area (Å²) in [6.45, 7) is 3.53. The lowest BCUT2D eigenvalue weighted by molar-refractivity contribution is 0.0531. The number of halogens is 1. The molecule has 0 aliphatic heterocycles. The molecule has 0 fully saturated rings. The van der Waals surface area contributed by atoms with E-state index in [1.807, 2.05) is 0 Å². The molecule has 0 saturated heterocycles. The predicted octanol–water partition coefficient (Wildman–Crippen LogP) is 4.07. The highest BCUT2D eigenvalue weighted by atomic mass is 79.9. The number of anilines is 1. The van der Waals surface area contributed by atoms with Gasteiger partial charge in [-0.1, -0.05) is 27.3 Å². The van der Waals surface area contributed by atoms with Crippen LogP contribution in [-0.2, 0) is 14.6 Å². The van der Waals surface area contributed by atoms with Crippen LogP contribution in [0.4, 0.5) is 5.13 Å². The summed E-state index contributed by atoms with van der Waals surface area (Å²) in [6.07, 6.45) is 0. The minimum absolute atomic E-state index is 0.0386. The molecule has 2 heterocycles. The number of thiazole rings is 1. The zero-order valence-electron chi connectivity index (χ0n) is 15.3. The number of hydrogen-bond acceptors (Lipinski definition) is 8. The van der Waals surface area contributed by atoms with E-state index in [9.17, 15) is 18.0 Å². The Labute approximate surface area is 179 Å². The highest BCUT2D eigenvalue weighted by Crippen LogP contribution is 2.26. The lowest BCUT2D eigenvalue weighted by Gasteiger charge is -2.02. The Balaban J connectivity index is 1.79. The number of furan rings is 1. The molecule has 1 amide bonds. The molecule has 3 rings (SSSR count). The molecule has 0 aliphatic rings. The zero-order chi connectivity index (χ0) is 21.2. The zero-order valence-corrected chi connectivity index (χ0v) is 18.5. The molecule has 29 heavy (non-hydrogen) atoms. The van der Waals surface area contributed by atoms with Crippen LogP contribution in [0.3, 0.4) is 0 Å². The van der Waals surface area contributed by atoms with E-state index < -0.39 is 21.7 Å². The topological polar surface area (TPSA) is 116 Å². The smallest absolute Gasteiger partial charge is 0.350 e. The number of benzene rings is 1. The number of rotatable bonds is 6. The van der Waals surface area contributed by atoms with E-state index in [0.717, 1.165) is 15.8 Å². The summed E-state index contributed by atoms with van der Waals surface area (Å²) in [4.78, 5) is 28.7. The summed E-state index contributed by atoms with van der Waals surface area (Å²) in [7, 11) is -3.90. The third-order valence-electron chi connectivity index (χ3n) is 3.67. The van der Waals surface area contributed by atoms with Gasteiger partial charge in [-0.3, -0.25) is 10.1 Å². The van der Waals surface area contributed by atoms with E-state index in [1.165, 1.54) is 24.3 Å². The number of aromatic nitrogens is 1. The van der Waals surface area contributed by atoms with Gasteiger partial charge in [-0.05, 0) is 50.2 Å². The van der Waals surface area contributed by atoms with Gasteiger partial charge in [0.15, 0.2) is 10.9 Å². The maximum absolute atomic E-state index is 12.6. The first kappa shape index (κ1) is 21.2. The molecule has 1 N–H and O–H groups in total. The predicted molar refractivity (Wildman–Crippen MR) is 109 cm³/mol. The van der Waals surface area contributed by atoms with Crippen molar-refractivity contribution < 1.29 is 27.2 Å². The first-order valence-corrected chi connectivity index (χ1v) is 11.4. The van der Waals surface area contributed by atoms with Gasteiger partial charge < -0.3 is 9.15 Å². The van der Waals surface area contributed by atoms with Crippen LogP contribution in [0, 0.1) is 6.92 Å². The highest BCUT2D eigenvalue weighted by molar-refractivity contribution is 9.10. The average Bonchev–Trinajstić information content (AvgIpc) is 3.30. The summed E-state index contributed by atoms with van der Waals surface area (Å²) in [5, 5.41) is 2.31. The van der Waals surface area contributed by atoms with Crippen molar-refractivity contribution in [3.8, 4) is 0 Å². The molecular formula is C18H15BrN2O6S2. The van der Waals surface area contributed by atoms with E-state index in [2.05, 4.69) is 26.2 Å². The van der Waals surface area contributed by atoms with E-state index in [1.54, 1.807) is 26.0 Å². The summed E-state index contributed by atoms with van der Waals surface area (Å²) in [5.41, 5.74) is 0.418. The van der Waals surface area contributed by atoms with Crippen LogP contribution in [0.15, 0.2) is 55.3 Å². The van der Waals surface area contributed by atoms with Gasteiger partial charge in [0.1, 0.15) is 4.88 Å². The number of hydrogen-bond donors (Lipinski definition) is 1. The van der Waals surface area contributed by atoms with Crippen molar-refractivity contribution in [1.29, 1.82) is 0 Å². The third-order valence-corrected chi connectivity index (χ3v) is 6.90. The fourth-order valence-corrected chi connectivity index (χ4v) is 4.60. The molecule has 0 spiro atoms. The molecule has 1 aromatic carbocycles. The van der Waals surface area contributed by atoms with Crippen molar-refractivity contribution in [2.45, 2.75) is 23.8 Å². The summed E-state index contributed by atoms with van der Waals surface area (Å²) in [5.74, 6) is -1.42.